The van der Waals surface area contributed by atoms with Crippen molar-refractivity contribution in [3.05, 3.63) is 47.5 Å². The van der Waals surface area contributed by atoms with Gasteiger partial charge in [-0.15, -0.1) is 0 Å². The third-order valence-electron chi connectivity index (χ3n) is 6.51. The smallest absolute Gasteiger partial charge is 0.327 e. The van der Waals surface area contributed by atoms with E-state index in [-0.39, 0.29) is 23.9 Å². The lowest BCUT2D eigenvalue weighted by Gasteiger charge is -2.38. The Morgan fingerprint density at radius 2 is 1.59 bits per heavy atom. The zero-order valence-corrected chi connectivity index (χ0v) is 24.7. The molecule has 0 aromatic heterocycles. The van der Waals surface area contributed by atoms with Gasteiger partial charge in [0.1, 0.15) is 12.1 Å². The van der Waals surface area contributed by atoms with Gasteiger partial charge in [-0.25, -0.2) is 9.00 Å². The van der Waals surface area contributed by atoms with Gasteiger partial charge in [0.2, 0.25) is 17.7 Å². The quantitative estimate of drug-likeness (QED) is 0.176. The number of rotatable bonds is 13. The van der Waals surface area contributed by atoms with Crippen molar-refractivity contribution in [1.29, 1.82) is 0 Å². The average molecular weight is 567 g/mol. The molecule has 0 aliphatic heterocycles. The number of carboxylic acids is 1. The maximum absolute atomic E-state index is 13.5. The highest BCUT2D eigenvalue weighted by atomic mass is 32.2. The van der Waals surface area contributed by atoms with Gasteiger partial charge in [0, 0.05) is 24.6 Å². The van der Waals surface area contributed by atoms with E-state index in [0.717, 1.165) is 5.56 Å². The van der Waals surface area contributed by atoms with Crippen LogP contribution < -0.4 is 16.0 Å². The number of carbonyl (C=O) groups is 4. The van der Waals surface area contributed by atoms with Crippen LogP contribution in [0.3, 0.4) is 0 Å². The summed E-state index contributed by atoms with van der Waals surface area (Å²) >= 11 is -2.41. The largest absolute Gasteiger partial charge is 0.480 e. The number of hydrogen-bond donors (Lipinski definition) is 5. The van der Waals surface area contributed by atoms with E-state index in [1.54, 1.807) is 7.05 Å². The first-order chi connectivity index (χ1) is 17.9. The van der Waals surface area contributed by atoms with E-state index in [1.165, 1.54) is 24.9 Å². The van der Waals surface area contributed by atoms with E-state index in [4.69, 9.17) is 9.66 Å². The van der Waals surface area contributed by atoms with Crippen LogP contribution in [-0.2, 0) is 35.7 Å². The van der Waals surface area contributed by atoms with Crippen molar-refractivity contribution in [3.63, 3.8) is 0 Å². The highest BCUT2D eigenvalue weighted by Crippen LogP contribution is 2.28. The van der Waals surface area contributed by atoms with Gasteiger partial charge in [0.15, 0.2) is 11.1 Å². The minimum Gasteiger partial charge on any atom is -0.480 e. The Morgan fingerprint density at radius 3 is 2.05 bits per heavy atom. The van der Waals surface area contributed by atoms with Gasteiger partial charge < -0.3 is 30.5 Å². The van der Waals surface area contributed by atoms with Crippen molar-refractivity contribution >= 4 is 34.8 Å². The molecule has 3 amide bonds. The van der Waals surface area contributed by atoms with Gasteiger partial charge in [-0.3, -0.25) is 14.4 Å². The summed E-state index contributed by atoms with van der Waals surface area (Å²) in [6.45, 7) is 10.9. The fraction of sp³-hybridized carbons (Fsp3) is 0.556. The first-order valence-corrected chi connectivity index (χ1v) is 13.8. The highest BCUT2D eigenvalue weighted by Gasteiger charge is 2.40. The summed E-state index contributed by atoms with van der Waals surface area (Å²) in [6.07, 6.45) is 1.44. The van der Waals surface area contributed by atoms with Crippen molar-refractivity contribution < 1.29 is 33.0 Å². The molecular weight excluding hydrogens is 524 g/mol. The molecule has 0 aliphatic rings. The number of nitrogens with zero attached hydrogens (tertiary/aromatic N) is 1. The Balaban J connectivity index is 3.04. The molecule has 0 spiro atoms. The first-order valence-electron chi connectivity index (χ1n) is 12.5. The molecule has 0 bridgehead atoms. The van der Waals surface area contributed by atoms with Crippen LogP contribution in [0.5, 0.6) is 0 Å². The molecule has 0 saturated heterocycles. The third-order valence-corrected chi connectivity index (χ3v) is 7.13. The monoisotopic (exact) mass is 566 g/mol. The third kappa shape index (κ3) is 9.86. The number of likely N-dealkylation sites (N-methyl/N-ethyl adjacent to an activating group) is 2. The minimum atomic E-state index is -2.41. The zero-order valence-electron chi connectivity index (χ0n) is 23.9. The Bertz CT molecular complexity index is 1080. The van der Waals surface area contributed by atoms with Gasteiger partial charge in [0.05, 0.1) is 11.8 Å². The fourth-order valence-corrected chi connectivity index (χ4v) is 4.51. The Hall–Kier alpha value is -3.09. The molecule has 39 heavy (non-hydrogen) atoms. The lowest BCUT2D eigenvalue weighted by atomic mass is 9.76. The van der Waals surface area contributed by atoms with Crippen molar-refractivity contribution in [2.75, 3.05) is 26.4 Å². The van der Waals surface area contributed by atoms with Gasteiger partial charge in [-0.2, -0.15) is 0 Å². The van der Waals surface area contributed by atoms with Crippen molar-refractivity contribution in [1.82, 2.24) is 20.9 Å². The summed E-state index contributed by atoms with van der Waals surface area (Å²) in [5, 5.41) is 17.4. The Labute approximate surface area is 233 Å². The average Bonchev–Trinajstić information content (AvgIpc) is 2.84. The summed E-state index contributed by atoms with van der Waals surface area (Å²) in [7, 11) is 3.23. The van der Waals surface area contributed by atoms with E-state index in [1.807, 2.05) is 65.0 Å². The Kier molecular flexibility index (Phi) is 12.5. The van der Waals surface area contributed by atoms with Gasteiger partial charge >= 0.3 is 5.97 Å². The summed E-state index contributed by atoms with van der Waals surface area (Å²) in [5.74, 6) is -3.54. The number of aliphatic carboxylic acids is 1. The highest BCUT2D eigenvalue weighted by molar-refractivity contribution is 7.79. The lowest BCUT2D eigenvalue weighted by Crippen LogP contribution is -2.60. The normalized spacial score (nSPS) is 15.5. The van der Waals surface area contributed by atoms with Crippen LogP contribution >= 0.6 is 0 Å². The SMILES string of the molecule is CNC(C(=O)NC(C(=O)N(C)C/C=C(\C)C(=O)NC(CS(=O)O)C(=O)O)C(C)(C)C)C(C)(C)c1ccccc1. The lowest BCUT2D eigenvalue weighted by molar-refractivity contribution is -0.140. The number of hydrogen-bond acceptors (Lipinski definition) is 6. The number of carbonyl (C=O) groups excluding carboxylic acids is 3. The van der Waals surface area contributed by atoms with E-state index >= 15 is 0 Å². The Morgan fingerprint density at radius 1 is 1.03 bits per heavy atom. The summed E-state index contributed by atoms with van der Waals surface area (Å²) < 4.78 is 19.9. The molecule has 1 aromatic carbocycles. The van der Waals surface area contributed by atoms with Crippen LogP contribution in [0.25, 0.3) is 0 Å². The molecule has 4 unspecified atom stereocenters. The molecular formula is C27H42N4O7S. The predicted molar refractivity (Wildman–Crippen MR) is 150 cm³/mol. The van der Waals surface area contributed by atoms with E-state index in [0.29, 0.717) is 0 Å². The van der Waals surface area contributed by atoms with Crippen molar-refractivity contribution in [2.24, 2.45) is 5.41 Å². The standard InChI is InChI=1S/C27H42N4O7S/c1-17(22(32)29-19(25(35)36)16-39(37)38)14-15-31(8)24(34)21(26(2,3)4)30-23(33)20(28-7)27(5,6)18-12-10-9-11-13-18/h9-14,19-21,28H,15-16H2,1-8H3,(H,29,32)(H,30,33)(H,35,36)(H,37,38)/b17-14+. The molecule has 5 N–H and O–H groups in total. The first kappa shape index (κ1) is 33.9. The van der Waals surface area contributed by atoms with Crippen LogP contribution in [0.15, 0.2) is 42.0 Å². The van der Waals surface area contributed by atoms with Crippen LogP contribution in [0, 0.1) is 5.41 Å². The molecule has 11 nitrogen and oxygen atoms in total. The van der Waals surface area contributed by atoms with Crippen LogP contribution in [0.1, 0.15) is 47.1 Å². The number of amides is 3. The molecule has 12 heteroatoms. The maximum atomic E-state index is 13.5. The molecule has 0 fully saturated rings. The van der Waals surface area contributed by atoms with Crippen molar-refractivity contribution in [2.45, 2.75) is 65.1 Å². The molecule has 0 aliphatic carbocycles. The molecule has 0 heterocycles. The second-order valence-corrected chi connectivity index (χ2v) is 12.1. The number of carboxylic acid groups (broad SMARTS) is 1. The predicted octanol–water partition coefficient (Wildman–Crippen LogP) is 1.28. The molecule has 4 atom stereocenters. The van der Waals surface area contributed by atoms with Crippen LogP contribution in [0.4, 0.5) is 0 Å². The van der Waals surface area contributed by atoms with Crippen molar-refractivity contribution in [3.8, 4) is 0 Å². The van der Waals surface area contributed by atoms with Crippen LogP contribution in [-0.4, -0.2) is 87.0 Å². The summed E-state index contributed by atoms with van der Waals surface area (Å²) in [5.41, 5.74) is -0.132. The van der Waals surface area contributed by atoms with Gasteiger partial charge in [-0.05, 0) is 24.9 Å². The molecule has 0 saturated carbocycles. The van der Waals surface area contributed by atoms with E-state index < -0.39 is 57.7 Å². The molecule has 1 rings (SSSR count). The van der Waals surface area contributed by atoms with Gasteiger partial charge in [0.25, 0.3) is 0 Å². The molecule has 0 radical (unpaired) electrons. The number of nitrogens with one attached hydrogen (secondary N) is 3. The van der Waals surface area contributed by atoms with E-state index in [2.05, 4.69) is 16.0 Å². The summed E-state index contributed by atoms with van der Waals surface area (Å²) in [6, 6.07) is 6.56. The minimum absolute atomic E-state index is 0.00910. The zero-order chi connectivity index (χ0) is 30.1. The maximum Gasteiger partial charge on any atom is 0.327 e. The topological polar surface area (TPSA) is 165 Å². The second-order valence-electron chi connectivity index (χ2n) is 11.1. The number of benzene rings is 1. The second kappa shape index (κ2) is 14.3. The molecule has 1 aromatic rings. The molecule has 218 valence electrons. The van der Waals surface area contributed by atoms with Crippen LogP contribution in [0.2, 0.25) is 0 Å². The van der Waals surface area contributed by atoms with E-state index in [9.17, 15) is 23.4 Å². The van der Waals surface area contributed by atoms with Gasteiger partial charge in [-0.1, -0.05) is 71.0 Å². The summed E-state index contributed by atoms with van der Waals surface area (Å²) in [4.78, 5) is 51.9. The fourth-order valence-electron chi connectivity index (χ4n) is 3.99.